The molecule has 0 radical (unpaired) electrons. The lowest BCUT2D eigenvalue weighted by Crippen LogP contribution is -2.47. The van der Waals surface area contributed by atoms with Crippen LogP contribution in [0.5, 0.6) is 0 Å². The lowest BCUT2D eigenvalue weighted by Gasteiger charge is -2.37. The van der Waals surface area contributed by atoms with Crippen molar-refractivity contribution >= 4 is 45.6 Å². The number of amides is 1. The van der Waals surface area contributed by atoms with Gasteiger partial charge in [-0.2, -0.15) is 0 Å². The van der Waals surface area contributed by atoms with E-state index in [2.05, 4.69) is 20.1 Å². The molecule has 1 fully saturated rings. The predicted octanol–water partition coefficient (Wildman–Crippen LogP) is 3.43. The normalized spacial score (nSPS) is 13.7. The highest BCUT2D eigenvalue weighted by molar-refractivity contribution is 6.30. The third-order valence-electron chi connectivity index (χ3n) is 6.54. The number of nitrogens with two attached hydrogens (primary N) is 1. The summed E-state index contributed by atoms with van der Waals surface area (Å²) in [6, 6.07) is 16.7. The Bertz CT molecular complexity index is 1460. The van der Waals surface area contributed by atoms with E-state index in [0.29, 0.717) is 22.6 Å². The summed E-state index contributed by atoms with van der Waals surface area (Å²) in [4.78, 5) is 35.0. The molecule has 9 heteroatoms. The second-order valence-corrected chi connectivity index (χ2v) is 9.32. The van der Waals surface area contributed by atoms with Crippen LogP contribution in [-0.2, 0) is 13.6 Å². The fourth-order valence-electron chi connectivity index (χ4n) is 4.57. The molecule has 0 spiro atoms. The van der Waals surface area contributed by atoms with Crippen LogP contribution in [0.2, 0.25) is 5.02 Å². The number of halogens is 1. The van der Waals surface area contributed by atoms with Gasteiger partial charge in [0, 0.05) is 62.6 Å². The van der Waals surface area contributed by atoms with Crippen molar-refractivity contribution in [2.24, 2.45) is 7.05 Å². The van der Waals surface area contributed by atoms with Crippen molar-refractivity contribution in [2.75, 3.05) is 41.7 Å². The number of fused-ring (bicyclic) bond motifs is 1. The van der Waals surface area contributed by atoms with Crippen LogP contribution in [-0.4, -0.2) is 41.6 Å². The van der Waals surface area contributed by atoms with Crippen molar-refractivity contribution in [2.45, 2.75) is 6.54 Å². The number of hydrogen-bond donors (Lipinski definition) is 2. The van der Waals surface area contributed by atoms with Crippen LogP contribution in [0.1, 0.15) is 15.9 Å². The average molecular weight is 503 g/mol. The number of pyridine rings is 2. The smallest absolute Gasteiger partial charge is 0.257 e. The van der Waals surface area contributed by atoms with Crippen LogP contribution in [0.4, 0.5) is 17.2 Å². The topological polar surface area (TPSA) is 96.5 Å². The number of carbonyl (C=O) groups excluding carboxylic acids is 1. The zero-order valence-corrected chi connectivity index (χ0v) is 20.7. The van der Waals surface area contributed by atoms with Crippen molar-refractivity contribution in [3.63, 3.8) is 0 Å². The van der Waals surface area contributed by atoms with Gasteiger partial charge in [0.05, 0.1) is 16.9 Å². The Labute approximate surface area is 213 Å². The Balaban J connectivity index is 1.36. The molecule has 4 aromatic rings. The van der Waals surface area contributed by atoms with E-state index < -0.39 is 5.91 Å². The van der Waals surface area contributed by atoms with E-state index in [1.54, 1.807) is 35.2 Å². The van der Waals surface area contributed by atoms with E-state index in [-0.39, 0.29) is 11.0 Å². The highest BCUT2D eigenvalue weighted by atomic mass is 35.5. The van der Waals surface area contributed by atoms with Crippen LogP contribution < -0.4 is 26.3 Å². The molecule has 0 atom stereocenters. The molecule has 36 heavy (non-hydrogen) atoms. The van der Waals surface area contributed by atoms with Crippen molar-refractivity contribution in [3.8, 4) is 0 Å². The first-order chi connectivity index (χ1) is 17.4. The molecule has 1 saturated heterocycles. The van der Waals surface area contributed by atoms with E-state index in [1.165, 1.54) is 0 Å². The van der Waals surface area contributed by atoms with E-state index >= 15 is 0 Å². The standard InChI is InChI=1S/C27H27ClN6O2/c1-32-17-21(27(36)31-16-18-5-7-19(28)8-6-18)26(35)20-14-22(29)24(15-23(20)32)33-10-12-34(13-11-33)25-4-2-3-9-30-25/h2-9,14-15,17H,10-13,16,29H2,1H3,(H,31,36). The fraction of sp³-hybridized carbons (Fsp3) is 0.222. The lowest BCUT2D eigenvalue weighted by atomic mass is 10.1. The minimum atomic E-state index is -0.430. The van der Waals surface area contributed by atoms with Gasteiger partial charge in [0.25, 0.3) is 5.91 Å². The SMILES string of the molecule is Cn1cc(C(=O)NCc2ccc(Cl)cc2)c(=O)c2cc(N)c(N3CCN(c4ccccn4)CC3)cc21. The summed E-state index contributed by atoms with van der Waals surface area (Å²) < 4.78 is 1.81. The number of rotatable bonds is 5. The number of carbonyl (C=O) groups is 1. The summed E-state index contributed by atoms with van der Waals surface area (Å²) in [5, 5.41) is 3.86. The Morgan fingerprint density at radius 3 is 2.47 bits per heavy atom. The summed E-state index contributed by atoms with van der Waals surface area (Å²) in [5.74, 6) is 0.536. The molecule has 1 aliphatic rings. The molecule has 0 saturated carbocycles. The molecule has 5 rings (SSSR count). The second kappa shape index (κ2) is 9.91. The van der Waals surface area contributed by atoms with Crippen molar-refractivity contribution < 1.29 is 4.79 Å². The third-order valence-corrected chi connectivity index (χ3v) is 6.79. The molecule has 8 nitrogen and oxygen atoms in total. The molecule has 2 aromatic heterocycles. The number of aryl methyl sites for hydroxylation is 1. The van der Waals surface area contributed by atoms with Crippen LogP contribution in [0.3, 0.4) is 0 Å². The second-order valence-electron chi connectivity index (χ2n) is 8.88. The summed E-state index contributed by atoms with van der Waals surface area (Å²) in [5.41, 5.74) is 9.19. The molecule has 0 unspecified atom stereocenters. The molecule has 0 bridgehead atoms. The molecule has 1 amide bonds. The quantitative estimate of drug-likeness (QED) is 0.406. The molecule has 2 aromatic carbocycles. The van der Waals surface area contributed by atoms with Gasteiger partial charge in [-0.3, -0.25) is 9.59 Å². The Morgan fingerprint density at radius 1 is 1.06 bits per heavy atom. The number of benzene rings is 2. The molecule has 0 aliphatic carbocycles. The molecular formula is C27H27ClN6O2. The first-order valence-corrected chi connectivity index (χ1v) is 12.1. The molecule has 1 aliphatic heterocycles. The summed E-state index contributed by atoms with van der Waals surface area (Å²) in [6.45, 7) is 3.50. The van der Waals surface area contributed by atoms with E-state index in [9.17, 15) is 9.59 Å². The summed E-state index contributed by atoms with van der Waals surface area (Å²) in [6.07, 6.45) is 3.39. The Morgan fingerprint density at radius 2 is 1.78 bits per heavy atom. The number of nitrogens with zero attached hydrogens (tertiary/aromatic N) is 4. The molecule has 184 valence electrons. The van der Waals surface area contributed by atoms with Gasteiger partial charge >= 0.3 is 0 Å². The van der Waals surface area contributed by atoms with Gasteiger partial charge in [-0.05, 0) is 42.0 Å². The van der Waals surface area contributed by atoms with E-state index in [1.807, 2.05) is 43.4 Å². The van der Waals surface area contributed by atoms with Gasteiger partial charge in [0.15, 0.2) is 0 Å². The molecular weight excluding hydrogens is 476 g/mol. The first-order valence-electron chi connectivity index (χ1n) is 11.8. The van der Waals surface area contributed by atoms with Gasteiger partial charge in [-0.25, -0.2) is 4.98 Å². The number of hydrogen-bond acceptors (Lipinski definition) is 6. The van der Waals surface area contributed by atoms with Crippen molar-refractivity contribution in [3.05, 3.63) is 93.4 Å². The minimum absolute atomic E-state index is 0.0788. The third kappa shape index (κ3) is 4.72. The van der Waals surface area contributed by atoms with Gasteiger partial charge < -0.3 is 25.4 Å². The molecule has 3 heterocycles. The van der Waals surface area contributed by atoms with Gasteiger partial charge in [0.2, 0.25) is 5.43 Å². The minimum Gasteiger partial charge on any atom is -0.397 e. The van der Waals surface area contributed by atoms with Crippen LogP contribution >= 0.6 is 11.6 Å². The number of aromatic nitrogens is 2. The zero-order valence-electron chi connectivity index (χ0n) is 19.9. The number of nitrogens with one attached hydrogen (secondary N) is 1. The van der Waals surface area contributed by atoms with Crippen molar-refractivity contribution in [1.82, 2.24) is 14.9 Å². The van der Waals surface area contributed by atoms with E-state index in [4.69, 9.17) is 17.3 Å². The number of nitrogen functional groups attached to an aromatic ring is 1. The van der Waals surface area contributed by atoms with Gasteiger partial charge in [-0.1, -0.05) is 29.8 Å². The molecule has 3 N–H and O–H groups in total. The lowest BCUT2D eigenvalue weighted by molar-refractivity contribution is 0.0949. The Kier molecular flexibility index (Phi) is 6.52. The average Bonchev–Trinajstić information content (AvgIpc) is 2.90. The predicted molar refractivity (Wildman–Crippen MR) is 145 cm³/mol. The maximum atomic E-state index is 13.2. The highest BCUT2D eigenvalue weighted by Crippen LogP contribution is 2.29. The van der Waals surface area contributed by atoms with Crippen LogP contribution in [0.25, 0.3) is 10.9 Å². The fourth-order valence-corrected chi connectivity index (χ4v) is 4.69. The monoisotopic (exact) mass is 502 g/mol. The van der Waals surface area contributed by atoms with Gasteiger partial charge in [-0.15, -0.1) is 0 Å². The van der Waals surface area contributed by atoms with E-state index in [0.717, 1.165) is 48.8 Å². The number of piperazine rings is 1. The summed E-state index contributed by atoms with van der Waals surface area (Å²) in [7, 11) is 1.83. The Hall–Kier alpha value is -4.04. The zero-order chi connectivity index (χ0) is 25.2. The summed E-state index contributed by atoms with van der Waals surface area (Å²) >= 11 is 5.92. The van der Waals surface area contributed by atoms with Crippen LogP contribution in [0.15, 0.2) is 71.8 Å². The largest absolute Gasteiger partial charge is 0.397 e. The maximum absolute atomic E-state index is 13.2. The maximum Gasteiger partial charge on any atom is 0.257 e. The first kappa shape index (κ1) is 23.7. The van der Waals surface area contributed by atoms with Crippen LogP contribution in [0, 0.1) is 0 Å². The van der Waals surface area contributed by atoms with Gasteiger partial charge in [0.1, 0.15) is 11.4 Å². The van der Waals surface area contributed by atoms with Crippen molar-refractivity contribution in [1.29, 1.82) is 0 Å². The highest BCUT2D eigenvalue weighted by Gasteiger charge is 2.22. The number of anilines is 3.